The molecular weight excluding hydrogens is 352 g/mol. The van der Waals surface area contributed by atoms with Gasteiger partial charge in [-0.3, -0.25) is 4.79 Å². The molecule has 27 heavy (non-hydrogen) atoms. The molecule has 1 atom stereocenters. The van der Waals surface area contributed by atoms with Crippen LogP contribution in [0.2, 0.25) is 0 Å². The zero-order valence-electron chi connectivity index (χ0n) is 14.8. The van der Waals surface area contributed by atoms with Gasteiger partial charge in [-0.1, -0.05) is 11.6 Å². The summed E-state index contributed by atoms with van der Waals surface area (Å²) < 4.78 is 31.8. The molecule has 2 N–H and O–H groups in total. The van der Waals surface area contributed by atoms with Gasteiger partial charge in [0.25, 0.3) is 5.91 Å². The van der Waals surface area contributed by atoms with Gasteiger partial charge in [-0.2, -0.15) is 0 Å². The molecule has 6 heteroatoms. The van der Waals surface area contributed by atoms with E-state index in [9.17, 15) is 18.7 Å². The number of hydrogen-bond acceptors (Lipinski definition) is 3. The fourth-order valence-corrected chi connectivity index (χ4v) is 2.99. The Morgan fingerprint density at radius 2 is 1.85 bits per heavy atom. The maximum absolute atomic E-state index is 13.2. The van der Waals surface area contributed by atoms with Gasteiger partial charge >= 0.3 is 0 Å². The SMILES string of the molecule is O=C(NCC1=CC[C@@H](COc2cc(F)cc(F)c2)CC1)c1ccc(O)cc1. The van der Waals surface area contributed by atoms with Gasteiger partial charge in [0, 0.05) is 30.3 Å². The van der Waals surface area contributed by atoms with Crippen molar-refractivity contribution in [2.24, 2.45) is 5.92 Å². The van der Waals surface area contributed by atoms with Crippen molar-refractivity contribution in [3.63, 3.8) is 0 Å². The molecule has 3 rings (SSSR count). The molecular formula is C21H21F2NO3. The van der Waals surface area contributed by atoms with Crippen LogP contribution in [0.15, 0.2) is 54.1 Å². The summed E-state index contributed by atoms with van der Waals surface area (Å²) in [4.78, 5) is 12.1. The minimum atomic E-state index is -0.653. The van der Waals surface area contributed by atoms with Crippen LogP contribution in [0.5, 0.6) is 11.5 Å². The predicted octanol–water partition coefficient (Wildman–Crippen LogP) is 4.21. The number of phenolic OH excluding ortho intramolecular Hbond substituents is 1. The minimum Gasteiger partial charge on any atom is -0.508 e. The second-order valence-corrected chi connectivity index (χ2v) is 6.65. The largest absolute Gasteiger partial charge is 0.508 e. The minimum absolute atomic E-state index is 0.121. The number of benzene rings is 2. The Kier molecular flexibility index (Phi) is 6.06. The summed E-state index contributed by atoms with van der Waals surface area (Å²) in [6.45, 7) is 0.870. The molecule has 0 aliphatic heterocycles. The Bertz CT molecular complexity index is 814. The monoisotopic (exact) mass is 373 g/mol. The molecule has 0 aromatic heterocycles. The van der Waals surface area contributed by atoms with Crippen LogP contribution in [0.4, 0.5) is 8.78 Å². The molecule has 2 aromatic rings. The number of allylic oxidation sites excluding steroid dienone is 1. The number of nitrogens with one attached hydrogen (secondary N) is 1. The van der Waals surface area contributed by atoms with Crippen molar-refractivity contribution in [1.82, 2.24) is 5.32 Å². The van der Waals surface area contributed by atoms with Crippen molar-refractivity contribution in [3.8, 4) is 11.5 Å². The van der Waals surface area contributed by atoms with Crippen molar-refractivity contribution in [1.29, 1.82) is 0 Å². The van der Waals surface area contributed by atoms with Gasteiger partial charge in [0.05, 0.1) is 6.61 Å². The number of amides is 1. The third-order valence-electron chi connectivity index (χ3n) is 4.54. The van der Waals surface area contributed by atoms with Gasteiger partial charge in [0.15, 0.2) is 0 Å². The highest BCUT2D eigenvalue weighted by Crippen LogP contribution is 2.25. The number of phenols is 1. The number of halogens is 2. The van der Waals surface area contributed by atoms with Crippen molar-refractivity contribution < 1.29 is 23.4 Å². The van der Waals surface area contributed by atoms with Crippen LogP contribution in [-0.4, -0.2) is 24.2 Å². The quantitative estimate of drug-likeness (QED) is 0.746. The summed E-state index contributed by atoms with van der Waals surface area (Å²) in [5.41, 5.74) is 1.65. The molecule has 0 heterocycles. The molecule has 0 radical (unpaired) electrons. The molecule has 0 unspecified atom stereocenters. The summed E-state index contributed by atoms with van der Waals surface area (Å²) in [5.74, 6) is -0.901. The third kappa shape index (κ3) is 5.54. The van der Waals surface area contributed by atoms with Crippen LogP contribution in [0.3, 0.4) is 0 Å². The zero-order valence-corrected chi connectivity index (χ0v) is 14.8. The van der Waals surface area contributed by atoms with Crippen molar-refractivity contribution >= 4 is 5.91 Å². The van der Waals surface area contributed by atoms with E-state index in [4.69, 9.17) is 4.74 Å². The first-order valence-corrected chi connectivity index (χ1v) is 8.83. The summed E-state index contributed by atoms with van der Waals surface area (Å²) in [7, 11) is 0. The van der Waals surface area contributed by atoms with Crippen LogP contribution < -0.4 is 10.1 Å². The molecule has 142 valence electrons. The summed E-state index contributed by atoms with van der Waals surface area (Å²) in [5, 5.41) is 12.1. The lowest BCUT2D eigenvalue weighted by Gasteiger charge is -2.22. The summed E-state index contributed by atoms with van der Waals surface area (Å²) in [6.07, 6.45) is 4.60. The number of ether oxygens (including phenoxy) is 1. The highest BCUT2D eigenvalue weighted by Gasteiger charge is 2.16. The Labute approximate surface area is 156 Å². The van der Waals surface area contributed by atoms with Gasteiger partial charge in [-0.05, 0) is 49.4 Å². The Morgan fingerprint density at radius 3 is 2.48 bits per heavy atom. The highest BCUT2D eigenvalue weighted by molar-refractivity contribution is 5.94. The topological polar surface area (TPSA) is 58.6 Å². The van der Waals surface area contributed by atoms with Crippen molar-refractivity contribution in [2.45, 2.75) is 19.3 Å². The van der Waals surface area contributed by atoms with Gasteiger partial charge in [0.2, 0.25) is 0 Å². The summed E-state index contributed by atoms with van der Waals surface area (Å²) >= 11 is 0. The van der Waals surface area contributed by atoms with Gasteiger partial charge in [-0.25, -0.2) is 8.78 Å². The molecule has 0 fully saturated rings. The standard InChI is InChI=1S/C21H21F2NO3/c22-17-9-18(23)11-20(10-17)27-13-15-3-1-14(2-4-15)12-24-21(26)16-5-7-19(25)8-6-16/h1,5-11,15,25H,2-4,12-13H2,(H,24,26)/t15-/m1/s1. The van der Waals surface area contributed by atoms with E-state index in [1.165, 1.54) is 24.3 Å². The first-order valence-electron chi connectivity index (χ1n) is 8.83. The van der Waals surface area contributed by atoms with E-state index >= 15 is 0 Å². The van der Waals surface area contributed by atoms with E-state index in [-0.39, 0.29) is 23.3 Å². The normalized spacial score (nSPS) is 16.5. The van der Waals surface area contributed by atoms with E-state index in [1.54, 1.807) is 12.1 Å². The smallest absolute Gasteiger partial charge is 0.251 e. The number of rotatable bonds is 6. The Morgan fingerprint density at radius 1 is 1.15 bits per heavy atom. The van der Waals surface area contributed by atoms with E-state index in [0.29, 0.717) is 18.7 Å². The molecule has 4 nitrogen and oxygen atoms in total. The van der Waals surface area contributed by atoms with Gasteiger partial charge < -0.3 is 15.2 Å². The lowest BCUT2D eigenvalue weighted by atomic mass is 9.90. The molecule has 1 aliphatic rings. The molecule has 0 bridgehead atoms. The number of carbonyl (C=O) groups excluding carboxylic acids is 1. The van der Waals surface area contributed by atoms with Crippen LogP contribution in [0, 0.1) is 17.6 Å². The zero-order chi connectivity index (χ0) is 19.2. The first kappa shape index (κ1) is 18.9. The van der Waals surface area contributed by atoms with Crippen molar-refractivity contribution in [3.05, 3.63) is 71.3 Å². The van der Waals surface area contributed by atoms with Crippen LogP contribution in [0.1, 0.15) is 29.6 Å². The number of aromatic hydroxyl groups is 1. The molecule has 0 spiro atoms. The van der Waals surface area contributed by atoms with E-state index < -0.39 is 11.6 Å². The fraction of sp³-hybridized carbons (Fsp3) is 0.286. The lowest BCUT2D eigenvalue weighted by molar-refractivity contribution is 0.0956. The lowest BCUT2D eigenvalue weighted by Crippen LogP contribution is -2.27. The van der Waals surface area contributed by atoms with E-state index in [0.717, 1.165) is 30.9 Å². The molecule has 0 saturated carbocycles. The average molecular weight is 373 g/mol. The second-order valence-electron chi connectivity index (χ2n) is 6.65. The first-order chi connectivity index (χ1) is 13.0. The predicted molar refractivity (Wildman–Crippen MR) is 97.7 cm³/mol. The van der Waals surface area contributed by atoms with Crippen LogP contribution in [-0.2, 0) is 0 Å². The second kappa shape index (κ2) is 8.66. The molecule has 0 saturated heterocycles. The maximum Gasteiger partial charge on any atom is 0.251 e. The molecule has 1 aliphatic carbocycles. The number of hydrogen-bond donors (Lipinski definition) is 2. The van der Waals surface area contributed by atoms with Gasteiger partial charge in [0.1, 0.15) is 23.1 Å². The van der Waals surface area contributed by atoms with E-state index in [2.05, 4.69) is 11.4 Å². The van der Waals surface area contributed by atoms with Crippen molar-refractivity contribution in [2.75, 3.05) is 13.2 Å². The third-order valence-corrected chi connectivity index (χ3v) is 4.54. The molecule has 1 amide bonds. The highest BCUT2D eigenvalue weighted by atomic mass is 19.1. The number of carbonyl (C=O) groups is 1. The summed E-state index contributed by atoms with van der Waals surface area (Å²) in [6, 6.07) is 9.26. The molecule has 2 aromatic carbocycles. The maximum atomic E-state index is 13.2. The Hall–Kier alpha value is -2.89. The Balaban J connectivity index is 1.44. The van der Waals surface area contributed by atoms with Crippen LogP contribution in [0.25, 0.3) is 0 Å². The van der Waals surface area contributed by atoms with E-state index in [1.807, 2.05) is 0 Å². The fourth-order valence-electron chi connectivity index (χ4n) is 2.99. The van der Waals surface area contributed by atoms with Gasteiger partial charge in [-0.15, -0.1) is 0 Å². The van der Waals surface area contributed by atoms with Crippen LogP contribution >= 0.6 is 0 Å². The average Bonchev–Trinajstić information content (AvgIpc) is 2.65.